The summed E-state index contributed by atoms with van der Waals surface area (Å²) in [5.74, 6) is 4.70. The van der Waals surface area contributed by atoms with Gasteiger partial charge in [0.25, 0.3) is 0 Å². The first-order valence-electron chi connectivity index (χ1n) is 3.18. The van der Waals surface area contributed by atoms with Gasteiger partial charge in [-0.2, -0.15) is 0 Å². The molecule has 0 rings (SSSR count). The molecule has 0 saturated heterocycles. The van der Waals surface area contributed by atoms with Gasteiger partial charge in [-0.25, -0.2) is 16.0 Å². The van der Waals surface area contributed by atoms with Crippen LogP contribution in [0.5, 0.6) is 0 Å². The zero-order valence-electron chi connectivity index (χ0n) is 6.29. The molecule has 0 aromatic heterocycles. The van der Waals surface area contributed by atoms with Crippen molar-refractivity contribution in [3.63, 3.8) is 0 Å². The highest BCUT2D eigenvalue weighted by Gasteiger charge is 2.00. The lowest BCUT2D eigenvalue weighted by Gasteiger charge is -2.20. The average molecular weight is 150 g/mol. The lowest BCUT2D eigenvalue weighted by Crippen LogP contribution is -3.07. The zero-order chi connectivity index (χ0) is 7.98. The molecule has 0 amide bonds. The van der Waals surface area contributed by atoms with Crippen LogP contribution in [0.15, 0.2) is 0 Å². The lowest BCUT2D eigenvalue weighted by atomic mass is 10.5. The van der Waals surface area contributed by atoms with Gasteiger partial charge in [0, 0.05) is 0 Å². The molecular formula is C5H14N2O3. The van der Waals surface area contributed by atoms with Crippen LogP contribution < -0.4 is 11.1 Å². The SMILES string of the molecule is CC(C)O[NH+]([O-])CCON. The highest BCUT2D eigenvalue weighted by Crippen LogP contribution is 1.76. The molecule has 3 N–H and O–H groups in total. The molecule has 10 heavy (non-hydrogen) atoms. The molecule has 62 valence electrons. The predicted molar refractivity (Wildman–Crippen MR) is 35.6 cm³/mol. The van der Waals surface area contributed by atoms with E-state index < -0.39 is 0 Å². The number of nitrogens with one attached hydrogen (secondary N) is 1. The van der Waals surface area contributed by atoms with Crippen molar-refractivity contribution in [2.75, 3.05) is 13.2 Å². The summed E-state index contributed by atoms with van der Waals surface area (Å²) in [6.45, 7) is 4.02. The molecule has 0 radical (unpaired) electrons. The van der Waals surface area contributed by atoms with Crippen molar-refractivity contribution in [3.05, 3.63) is 5.21 Å². The van der Waals surface area contributed by atoms with E-state index in [1.807, 2.05) is 0 Å². The van der Waals surface area contributed by atoms with Crippen molar-refractivity contribution in [3.8, 4) is 0 Å². The first-order chi connectivity index (χ1) is 4.66. The average Bonchev–Trinajstić information content (AvgIpc) is 1.82. The number of quaternary nitrogens is 1. The molecule has 1 atom stereocenters. The lowest BCUT2D eigenvalue weighted by molar-refractivity contribution is -1.06. The molecule has 0 saturated carbocycles. The van der Waals surface area contributed by atoms with Crippen LogP contribution in [0.1, 0.15) is 13.8 Å². The minimum absolute atomic E-state index is 0.0646. The molecule has 0 fully saturated rings. The number of hydroxylamine groups is 2. The van der Waals surface area contributed by atoms with E-state index in [2.05, 4.69) is 4.84 Å². The molecule has 5 heteroatoms. The normalized spacial score (nSPS) is 14.1. The van der Waals surface area contributed by atoms with Crippen LogP contribution in [0.2, 0.25) is 0 Å². The van der Waals surface area contributed by atoms with Crippen LogP contribution in [-0.2, 0) is 9.68 Å². The number of nitrogens with two attached hydrogens (primary N) is 1. The zero-order valence-corrected chi connectivity index (χ0v) is 6.29. The summed E-state index contributed by atoms with van der Waals surface area (Å²) in [6.07, 6.45) is -0.0646. The van der Waals surface area contributed by atoms with E-state index in [1.54, 1.807) is 13.8 Å². The van der Waals surface area contributed by atoms with Crippen LogP contribution in [0.25, 0.3) is 0 Å². The summed E-state index contributed by atoms with van der Waals surface area (Å²) >= 11 is 0. The molecule has 1 unspecified atom stereocenters. The fraction of sp³-hybridized carbons (Fsp3) is 1.00. The van der Waals surface area contributed by atoms with Crippen molar-refractivity contribution < 1.29 is 14.9 Å². The maximum absolute atomic E-state index is 10.7. The van der Waals surface area contributed by atoms with Gasteiger partial charge in [-0.3, -0.25) is 4.84 Å². The van der Waals surface area contributed by atoms with Crippen molar-refractivity contribution in [1.82, 2.24) is 0 Å². The summed E-state index contributed by atoms with van der Waals surface area (Å²) in [7, 11) is 0. The Morgan fingerprint density at radius 1 is 1.60 bits per heavy atom. The Morgan fingerprint density at radius 3 is 2.60 bits per heavy atom. The summed E-state index contributed by atoms with van der Waals surface area (Å²) in [6, 6.07) is 0. The summed E-state index contributed by atoms with van der Waals surface area (Å²) in [4.78, 5) is 8.97. The van der Waals surface area contributed by atoms with Gasteiger partial charge in [-0.15, -0.1) is 0 Å². The molecule has 0 aliphatic carbocycles. The van der Waals surface area contributed by atoms with E-state index in [1.165, 1.54) is 0 Å². The van der Waals surface area contributed by atoms with Gasteiger partial charge in [-0.05, 0) is 13.8 Å². The fourth-order valence-electron chi connectivity index (χ4n) is 0.464. The van der Waals surface area contributed by atoms with Gasteiger partial charge in [0.2, 0.25) is 0 Å². The second-order valence-electron chi connectivity index (χ2n) is 2.16. The third kappa shape index (κ3) is 5.93. The van der Waals surface area contributed by atoms with E-state index in [4.69, 9.17) is 10.7 Å². The first-order valence-corrected chi connectivity index (χ1v) is 3.18. The van der Waals surface area contributed by atoms with Crippen LogP contribution >= 0.6 is 0 Å². The van der Waals surface area contributed by atoms with Gasteiger partial charge in [0.15, 0.2) is 0 Å². The first kappa shape index (κ1) is 9.80. The third-order valence-electron chi connectivity index (χ3n) is 0.791. The molecule has 0 aromatic carbocycles. The minimum atomic E-state index is -0.277. The van der Waals surface area contributed by atoms with Crippen molar-refractivity contribution >= 4 is 0 Å². The van der Waals surface area contributed by atoms with Crippen LogP contribution in [0.3, 0.4) is 0 Å². The molecule has 0 aliphatic rings. The third-order valence-corrected chi connectivity index (χ3v) is 0.791. The van der Waals surface area contributed by atoms with E-state index in [0.29, 0.717) is 0 Å². The Kier molecular flexibility index (Phi) is 5.46. The topological polar surface area (TPSA) is 72.0 Å². The molecule has 0 bridgehead atoms. The van der Waals surface area contributed by atoms with Gasteiger partial charge in [-0.1, -0.05) is 0 Å². The largest absolute Gasteiger partial charge is 0.600 e. The number of hydrogen-bond acceptors (Lipinski definition) is 4. The fourth-order valence-corrected chi connectivity index (χ4v) is 0.464. The summed E-state index contributed by atoms with van der Waals surface area (Å²) in [5, 5.41) is 10.4. The Bertz CT molecular complexity index is 79.3. The monoisotopic (exact) mass is 150 g/mol. The van der Waals surface area contributed by atoms with Gasteiger partial charge < -0.3 is 5.21 Å². The van der Waals surface area contributed by atoms with E-state index in [0.717, 1.165) is 0 Å². The highest BCUT2D eigenvalue weighted by atomic mass is 16.9. The minimum Gasteiger partial charge on any atom is -0.600 e. The molecule has 0 aliphatic heterocycles. The number of hydrogen-bond donors (Lipinski definition) is 2. The van der Waals surface area contributed by atoms with Crippen molar-refractivity contribution in [2.24, 2.45) is 5.90 Å². The summed E-state index contributed by atoms with van der Waals surface area (Å²) in [5.41, 5.74) is 0. The van der Waals surface area contributed by atoms with Crippen molar-refractivity contribution in [2.45, 2.75) is 20.0 Å². The van der Waals surface area contributed by atoms with Crippen molar-refractivity contribution in [1.29, 1.82) is 0 Å². The van der Waals surface area contributed by atoms with Crippen LogP contribution in [-0.4, -0.2) is 19.3 Å². The molecule has 5 nitrogen and oxygen atoms in total. The highest BCUT2D eigenvalue weighted by molar-refractivity contribution is 4.27. The van der Waals surface area contributed by atoms with Gasteiger partial charge in [0.1, 0.15) is 19.3 Å². The van der Waals surface area contributed by atoms with Gasteiger partial charge in [0.05, 0.1) is 0 Å². The molecule has 0 aromatic rings. The van der Waals surface area contributed by atoms with E-state index in [9.17, 15) is 5.21 Å². The Balaban J connectivity index is 3.16. The maximum Gasteiger partial charge on any atom is 0.132 e. The van der Waals surface area contributed by atoms with E-state index in [-0.39, 0.29) is 24.5 Å². The summed E-state index contributed by atoms with van der Waals surface area (Å²) < 4.78 is 0. The molecular weight excluding hydrogens is 136 g/mol. The second-order valence-corrected chi connectivity index (χ2v) is 2.16. The van der Waals surface area contributed by atoms with E-state index >= 15 is 0 Å². The standard InChI is InChI=1S/C5H14N2O3/c1-5(2)10-7(8)3-4-9-6/h5,7H,3-4,6H2,1-2H3. The predicted octanol–water partition coefficient (Wildman–Crippen LogP) is -1.40. The van der Waals surface area contributed by atoms with Crippen LogP contribution in [0, 0.1) is 5.21 Å². The maximum atomic E-state index is 10.7. The quantitative estimate of drug-likeness (QED) is 0.473. The Labute approximate surface area is 60.2 Å². The van der Waals surface area contributed by atoms with Crippen LogP contribution in [0.4, 0.5) is 0 Å². The Morgan fingerprint density at radius 2 is 2.20 bits per heavy atom. The number of rotatable bonds is 5. The smallest absolute Gasteiger partial charge is 0.132 e. The molecule has 0 heterocycles. The molecule has 0 spiro atoms. The Hall–Kier alpha value is -0.200. The second kappa shape index (κ2) is 5.57. The van der Waals surface area contributed by atoms with Gasteiger partial charge >= 0.3 is 0 Å².